The van der Waals surface area contributed by atoms with Crippen molar-refractivity contribution in [1.29, 1.82) is 0 Å². The van der Waals surface area contributed by atoms with Crippen LogP contribution in [-0.2, 0) is 18.6 Å². The molecule has 1 fully saturated rings. The van der Waals surface area contributed by atoms with E-state index in [4.69, 9.17) is 14.5 Å². The van der Waals surface area contributed by atoms with Gasteiger partial charge in [0.05, 0.1) is 12.7 Å². The average Bonchev–Trinajstić information content (AvgIpc) is 3.01. The summed E-state index contributed by atoms with van der Waals surface area (Å²) < 4.78 is 20.8. The predicted molar refractivity (Wildman–Crippen MR) is 74.4 cm³/mol. The Morgan fingerprint density at radius 3 is 2.58 bits per heavy atom. The normalized spacial score (nSPS) is 25.4. The molecule has 5 N–H and O–H groups in total. The first kappa shape index (κ1) is 23.9. The summed E-state index contributed by atoms with van der Waals surface area (Å²) in [6, 6.07) is 0. The molecule has 3 rings (SSSR count). The smallest absolute Gasteiger partial charge is 1.00 e. The van der Waals surface area contributed by atoms with Crippen LogP contribution >= 0.6 is 7.82 Å². The van der Waals surface area contributed by atoms with E-state index in [1.54, 1.807) is 0 Å². The predicted octanol–water partition coefficient (Wildman–Crippen LogP) is -8.39. The molecule has 13 nitrogen and oxygen atoms in total. The van der Waals surface area contributed by atoms with Gasteiger partial charge in [-0.3, -0.25) is 19.1 Å². The Hall–Kier alpha value is -0.150. The molecule has 0 aromatic carbocycles. The molecule has 16 heteroatoms. The van der Waals surface area contributed by atoms with Crippen molar-refractivity contribution < 1.29 is 101 Å². The Morgan fingerprint density at radius 1 is 1.31 bits per heavy atom. The third-order valence-electron chi connectivity index (χ3n) is 3.32. The maximum absolute atomic E-state index is 11.6. The number of H-pyrrole nitrogens is 1. The molecule has 0 aliphatic carbocycles. The van der Waals surface area contributed by atoms with Crippen LogP contribution in [0.1, 0.15) is 9.08 Å². The summed E-state index contributed by atoms with van der Waals surface area (Å²) in [4.78, 5) is 50.5. The van der Waals surface area contributed by atoms with Crippen LogP contribution < -0.4 is 64.7 Å². The monoisotopic (exact) mass is 410 g/mol. The number of aliphatic hydroxyl groups is 2. The van der Waals surface area contributed by atoms with Gasteiger partial charge in [0.1, 0.15) is 12.2 Å². The van der Waals surface area contributed by atoms with Crippen molar-refractivity contribution >= 4 is 25.0 Å². The minimum atomic E-state index is -5.15. The minimum Gasteiger partial charge on any atom is -1.00 e. The van der Waals surface area contributed by atoms with Crippen LogP contribution in [0.2, 0.25) is 0 Å². The molecule has 26 heavy (non-hydrogen) atoms. The van der Waals surface area contributed by atoms with Gasteiger partial charge in [-0.05, 0) is 0 Å². The number of hydrogen-bond acceptors (Lipinski definition) is 9. The summed E-state index contributed by atoms with van der Waals surface area (Å²) in [5, 5.41) is 19.9. The Balaban J connectivity index is 0. The Labute approximate surface area is 191 Å². The molecule has 0 amide bonds. The van der Waals surface area contributed by atoms with Gasteiger partial charge in [0.25, 0.3) is 5.56 Å². The number of phosphoric ester groups is 1. The van der Waals surface area contributed by atoms with Crippen molar-refractivity contribution in [3.63, 3.8) is 0 Å². The van der Waals surface area contributed by atoms with E-state index >= 15 is 0 Å². The maximum Gasteiger partial charge on any atom is 1.00 e. The van der Waals surface area contributed by atoms with Crippen LogP contribution in [0, 0.1) is 0 Å². The van der Waals surface area contributed by atoms with Crippen LogP contribution in [0.25, 0.3) is 11.2 Å². The second-order valence-electron chi connectivity index (χ2n) is 4.89. The van der Waals surface area contributed by atoms with Gasteiger partial charge in [-0.1, -0.05) is 0 Å². The van der Waals surface area contributed by atoms with Gasteiger partial charge in [-0.2, -0.15) is 0 Å². The first-order valence-electron chi connectivity index (χ1n) is 6.40. The number of aromatic nitrogens is 4. The Morgan fingerprint density at radius 2 is 1.96 bits per heavy atom. The fourth-order valence-corrected chi connectivity index (χ4v) is 2.64. The molecule has 0 spiro atoms. The number of ether oxygens (including phenoxy) is 1. The fraction of sp³-hybridized carbons (Fsp3) is 0.400. The molecule has 2 aromatic rings. The van der Waals surface area contributed by atoms with Crippen LogP contribution in [0.4, 0.5) is 0 Å². The molecular formula is C10H13N4Na2O9P. The van der Waals surface area contributed by atoms with Crippen molar-refractivity contribution in [2.45, 2.75) is 24.5 Å². The number of aliphatic hydroxyl groups excluding tert-OH is 2. The van der Waals surface area contributed by atoms with E-state index in [2.05, 4.69) is 19.5 Å². The summed E-state index contributed by atoms with van der Waals surface area (Å²) in [5.74, 6) is -1.55. The summed E-state index contributed by atoms with van der Waals surface area (Å²) in [5.41, 5.74) is -0.604. The molecule has 0 unspecified atom stereocenters. The van der Waals surface area contributed by atoms with E-state index in [1.165, 1.54) is 0 Å². The van der Waals surface area contributed by atoms with Gasteiger partial charge in [-0.25, -0.2) is 19.3 Å². The summed E-state index contributed by atoms with van der Waals surface area (Å²) in [7, 11) is -5.15. The number of carbonyl (C=O) groups is 1. The zero-order valence-corrected chi connectivity index (χ0v) is 18.5. The van der Waals surface area contributed by atoms with Crippen molar-refractivity contribution in [1.82, 2.24) is 19.5 Å². The van der Waals surface area contributed by atoms with Gasteiger partial charge >= 0.3 is 72.9 Å². The third-order valence-corrected chi connectivity index (χ3v) is 3.74. The molecule has 1 aliphatic rings. The largest absolute Gasteiger partial charge is 1.00 e. The number of rotatable bonds is 3. The quantitative estimate of drug-likeness (QED) is 0.238. The molecule has 1 aliphatic heterocycles. The zero-order valence-electron chi connectivity index (χ0n) is 15.6. The van der Waals surface area contributed by atoms with Crippen LogP contribution in [0.15, 0.2) is 17.4 Å². The SMILES string of the molecule is O=C(OP(=O)(O)O)[C@H]1O[C@@H](n2cnc3c(=O)[nH]cnc32)[C@H](O)[C@@H]1O.[H-].[H-].[Na+].[Na+]. The first-order valence-corrected chi connectivity index (χ1v) is 7.93. The van der Waals surface area contributed by atoms with E-state index in [0.717, 1.165) is 17.2 Å². The third kappa shape index (κ3) is 4.63. The molecule has 0 bridgehead atoms. The number of phosphoric acid groups is 1. The summed E-state index contributed by atoms with van der Waals surface area (Å²) >= 11 is 0. The van der Waals surface area contributed by atoms with Gasteiger partial charge in [-0.15, -0.1) is 0 Å². The average molecular weight is 410 g/mol. The molecule has 2 aromatic heterocycles. The van der Waals surface area contributed by atoms with Crippen molar-refractivity contribution in [3.05, 3.63) is 23.0 Å². The standard InChI is InChI=1S/C10H11N4O9P.2Na.2H/c15-4-5(16)9(22-6(4)10(18)23-24(19,20)21)14-2-13-3-7(14)11-1-12-8(3)17;;;;/h1-2,4-6,9,15-16H,(H,11,12,17)(H2,19,20,21);;;;/q;2*+1;2*-1/t4-,5+,6-,9+;;;;/m0..../s1. The van der Waals surface area contributed by atoms with Gasteiger partial charge in [0.15, 0.2) is 23.5 Å². The van der Waals surface area contributed by atoms with E-state index < -0.39 is 43.9 Å². The molecular weight excluding hydrogens is 397 g/mol. The summed E-state index contributed by atoms with van der Waals surface area (Å²) in [6.45, 7) is 0. The molecule has 0 saturated carbocycles. The number of fused-ring (bicyclic) bond motifs is 1. The van der Waals surface area contributed by atoms with Crippen LogP contribution in [0.5, 0.6) is 0 Å². The van der Waals surface area contributed by atoms with E-state index in [-0.39, 0.29) is 73.1 Å². The fourth-order valence-electron chi connectivity index (χ4n) is 2.30. The molecule has 1 saturated heterocycles. The first-order chi connectivity index (χ1) is 11.2. The summed E-state index contributed by atoms with van der Waals surface area (Å²) in [6.07, 6.45) is -4.54. The van der Waals surface area contributed by atoms with Gasteiger partial charge in [0, 0.05) is 0 Å². The maximum atomic E-state index is 11.6. The number of nitrogens with one attached hydrogen (secondary N) is 1. The minimum absolute atomic E-state index is 0. The number of aromatic amines is 1. The second kappa shape index (κ2) is 8.90. The van der Waals surface area contributed by atoms with Crippen LogP contribution in [-0.4, -0.2) is 63.8 Å². The van der Waals surface area contributed by atoms with E-state index in [0.29, 0.717) is 0 Å². The van der Waals surface area contributed by atoms with E-state index in [1.807, 2.05) is 0 Å². The van der Waals surface area contributed by atoms with Crippen molar-refractivity contribution in [2.75, 3.05) is 0 Å². The number of nitrogens with zero attached hydrogens (tertiary/aromatic N) is 3. The van der Waals surface area contributed by atoms with Crippen LogP contribution in [0.3, 0.4) is 0 Å². The van der Waals surface area contributed by atoms with E-state index in [9.17, 15) is 24.4 Å². The van der Waals surface area contributed by atoms with Gasteiger partial charge in [0.2, 0.25) is 0 Å². The topological polar surface area (TPSA) is 197 Å². The Bertz CT molecular complexity index is 908. The van der Waals surface area contributed by atoms with Crippen molar-refractivity contribution in [3.8, 4) is 0 Å². The second-order valence-corrected chi connectivity index (χ2v) is 6.05. The molecule has 0 radical (unpaired) electrons. The Kier molecular flexibility index (Phi) is 8.18. The van der Waals surface area contributed by atoms with Gasteiger partial charge < -0.3 is 27.3 Å². The number of imidazole rings is 1. The molecule has 134 valence electrons. The zero-order chi connectivity index (χ0) is 17.6. The van der Waals surface area contributed by atoms with Crippen molar-refractivity contribution in [2.24, 2.45) is 0 Å². The number of carbonyl (C=O) groups excluding carboxylic acids is 1. The number of hydrogen-bond donors (Lipinski definition) is 5. The molecule has 4 atom stereocenters. The molecule has 3 heterocycles.